The minimum absolute atomic E-state index is 0.0805. The average molecular weight is 369 g/mol. The summed E-state index contributed by atoms with van der Waals surface area (Å²) in [7, 11) is 0. The SMILES string of the molecule is CCc1c(C(=O)N2CCC(C3OCCO3)CC2)cnn1-c1ccc(C)cc1. The monoisotopic (exact) mass is 369 g/mol. The highest BCUT2D eigenvalue weighted by atomic mass is 16.7. The highest BCUT2D eigenvalue weighted by molar-refractivity contribution is 5.95. The fraction of sp³-hybridized carbons (Fsp3) is 0.524. The number of aromatic nitrogens is 2. The first-order chi connectivity index (χ1) is 13.2. The van der Waals surface area contributed by atoms with Gasteiger partial charge >= 0.3 is 0 Å². The van der Waals surface area contributed by atoms with E-state index in [-0.39, 0.29) is 12.2 Å². The number of piperidine rings is 1. The second kappa shape index (κ2) is 7.82. The Kier molecular flexibility index (Phi) is 5.27. The van der Waals surface area contributed by atoms with Gasteiger partial charge in [-0.15, -0.1) is 0 Å². The van der Waals surface area contributed by atoms with Crippen LogP contribution in [0.3, 0.4) is 0 Å². The lowest BCUT2D eigenvalue weighted by Gasteiger charge is -2.33. The molecule has 2 aromatic rings. The Morgan fingerprint density at radius 3 is 2.44 bits per heavy atom. The number of benzene rings is 1. The molecule has 0 N–H and O–H groups in total. The standard InChI is InChI=1S/C21H27N3O3/c1-3-19-18(14-22-24(19)17-6-4-15(2)5-7-17)20(25)23-10-8-16(9-11-23)21-26-12-13-27-21/h4-7,14,16,21H,3,8-13H2,1-2H3. The summed E-state index contributed by atoms with van der Waals surface area (Å²) in [4.78, 5) is 15.1. The normalized spacial score (nSPS) is 19.0. The van der Waals surface area contributed by atoms with Crippen molar-refractivity contribution in [3.63, 3.8) is 0 Å². The average Bonchev–Trinajstić information content (AvgIpc) is 3.38. The first-order valence-electron chi connectivity index (χ1n) is 9.83. The maximum atomic E-state index is 13.1. The van der Waals surface area contributed by atoms with Gasteiger partial charge in [-0.1, -0.05) is 24.6 Å². The molecular formula is C21H27N3O3. The van der Waals surface area contributed by atoms with Gasteiger partial charge in [-0.05, 0) is 38.3 Å². The summed E-state index contributed by atoms with van der Waals surface area (Å²) in [6.07, 6.45) is 4.23. The van der Waals surface area contributed by atoms with Gasteiger partial charge in [0.15, 0.2) is 6.29 Å². The minimum atomic E-state index is -0.0854. The van der Waals surface area contributed by atoms with Crippen molar-refractivity contribution in [3.8, 4) is 5.69 Å². The summed E-state index contributed by atoms with van der Waals surface area (Å²) >= 11 is 0. The Labute approximate surface area is 160 Å². The van der Waals surface area contributed by atoms with Crippen LogP contribution in [-0.2, 0) is 15.9 Å². The molecule has 2 aliphatic rings. The summed E-state index contributed by atoms with van der Waals surface area (Å²) in [6.45, 7) is 6.98. The van der Waals surface area contributed by atoms with Gasteiger partial charge in [0.1, 0.15) is 0 Å². The van der Waals surface area contributed by atoms with E-state index in [1.807, 2.05) is 21.7 Å². The van der Waals surface area contributed by atoms with Gasteiger partial charge in [-0.3, -0.25) is 4.79 Å². The molecule has 6 nitrogen and oxygen atoms in total. The molecule has 0 aliphatic carbocycles. The molecule has 0 spiro atoms. The van der Waals surface area contributed by atoms with Crippen LogP contribution in [0.5, 0.6) is 0 Å². The molecule has 0 atom stereocenters. The number of hydrogen-bond donors (Lipinski definition) is 0. The molecule has 0 bridgehead atoms. The number of carbonyl (C=O) groups excluding carboxylic acids is 1. The summed E-state index contributed by atoms with van der Waals surface area (Å²) in [5.41, 5.74) is 3.88. The molecule has 0 unspecified atom stereocenters. The summed E-state index contributed by atoms with van der Waals surface area (Å²) in [5.74, 6) is 0.467. The maximum absolute atomic E-state index is 13.1. The van der Waals surface area contributed by atoms with Crippen molar-refractivity contribution < 1.29 is 14.3 Å². The molecule has 27 heavy (non-hydrogen) atoms. The van der Waals surface area contributed by atoms with Crippen LogP contribution in [-0.4, -0.2) is 53.2 Å². The van der Waals surface area contributed by atoms with E-state index >= 15 is 0 Å². The lowest BCUT2D eigenvalue weighted by molar-refractivity contribution is -0.0956. The molecule has 1 aromatic carbocycles. The van der Waals surface area contributed by atoms with Crippen LogP contribution in [0.4, 0.5) is 0 Å². The maximum Gasteiger partial charge on any atom is 0.257 e. The van der Waals surface area contributed by atoms with Crippen LogP contribution in [0.25, 0.3) is 5.69 Å². The Morgan fingerprint density at radius 1 is 1.15 bits per heavy atom. The van der Waals surface area contributed by atoms with E-state index in [1.54, 1.807) is 6.20 Å². The first kappa shape index (κ1) is 18.2. The molecule has 1 amide bonds. The Bertz CT molecular complexity index is 786. The lowest BCUT2D eigenvalue weighted by Crippen LogP contribution is -2.41. The van der Waals surface area contributed by atoms with Crippen LogP contribution in [0.1, 0.15) is 41.4 Å². The van der Waals surface area contributed by atoms with Gasteiger partial charge in [0.2, 0.25) is 0 Å². The Balaban J connectivity index is 1.48. The van der Waals surface area contributed by atoms with Crippen LogP contribution in [0.15, 0.2) is 30.5 Å². The number of nitrogens with zero attached hydrogens (tertiary/aromatic N) is 3. The largest absolute Gasteiger partial charge is 0.350 e. The highest BCUT2D eigenvalue weighted by Crippen LogP contribution is 2.27. The summed E-state index contributed by atoms with van der Waals surface area (Å²) < 4.78 is 13.2. The van der Waals surface area contributed by atoms with Gasteiger partial charge in [0.25, 0.3) is 5.91 Å². The van der Waals surface area contributed by atoms with Gasteiger partial charge in [-0.2, -0.15) is 5.10 Å². The predicted molar refractivity (Wildman–Crippen MR) is 102 cm³/mol. The van der Waals surface area contributed by atoms with Crippen molar-refractivity contribution >= 4 is 5.91 Å². The zero-order valence-corrected chi connectivity index (χ0v) is 16.1. The molecule has 2 fully saturated rings. The van der Waals surface area contributed by atoms with Gasteiger partial charge < -0.3 is 14.4 Å². The van der Waals surface area contributed by atoms with E-state index in [1.165, 1.54) is 5.56 Å². The summed E-state index contributed by atoms with van der Waals surface area (Å²) in [5, 5.41) is 4.51. The predicted octanol–water partition coefficient (Wildman–Crippen LogP) is 2.97. The molecule has 3 heterocycles. The van der Waals surface area contributed by atoms with E-state index in [4.69, 9.17) is 9.47 Å². The van der Waals surface area contributed by atoms with Crippen molar-refractivity contribution in [1.82, 2.24) is 14.7 Å². The Morgan fingerprint density at radius 2 is 1.81 bits per heavy atom. The molecular weight excluding hydrogens is 342 g/mol. The third-order valence-corrected chi connectivity index (χ3v) is 5.57. The van der Waals surface area contributed by atoms with Crippen LogP contribution in [0, 0.1) is 12.8 Å². The third kappa shape index (κ3) is 3.64. The number of aryl methyl sites for hydroxylation is 1. The Hall–Kier alpha value is -2.18. The molecule has 2 saturated heterocycles. The van der Waals surface area contributed by atoms with Crippen molar-refractivity contribution in [2.45, 2.75) is 39.4 Å². The molecule has 6 heteroatoms. The smallest absolute Gasteiger partial charge is 0.257 e. The molecule has 1 aromatic heterocycles. The minimum Gasteiger partial charge on any atom is -0.350 e. The highest BCUT2D eigenvalue weighted by Gasteiger charge is 2.33. The van der Waals surface area contributed by atoms with Crippen molar-refractivity contribution in [2.75, 3.05) is 26.3 Å². The topological polar surface area (TPSA) is 56.6 Å². The van der Waals surface area contributed by atoms with Gasteiger partial charge in [0, 0.05) is 19.0 Å². The van der Waals surface area contributed by atoms with E-state index in [0.29, 0.717) is 24.7 Å². The van der Waals surface area contributed by atoms with Gasteiger partial charge in [-0.25, -0.2) is 4.68 Å². The number of carbonyl (C=O) groups is 1. The molecule has 4 rings (SSSR count). The zero-order valence-electron chi connectivity index (χ0n) is 16.1. The van der Waals surface area contributed by atoms with Crippen LogP contribution >= 0.6 is 0 Å². The number of hydrogen-bond acceptors (Lipinski definition) is 4. The molecule has 0 saturated carbocycles. The fourth-order valence-corrected chi connectivity index (χ4v) is 3.99. The quantitative estimate of drug-likeness (QED) is 0.831. The molecule has 144 valence electrons. The number of amides is 1. The number of likely N-dealkylation sites (tertiary alicyclic amines) is 1. The van der Waals surface area contributed by atoms with Crippen molar-refractivity contribution in [3.05, 3.63) is 47.3 Å². The number of rotatable bonds is 4. The van der Waals surface area contributed by atoms with E-state index in [0.717, 1.165) is 43.7 Å². The second-order valence-electron chi connectivity index (χ2n) is 7.35. The lowest BCUT2D eigenvalue weighted by atomic mass is 9.95. The molecule has 0 radical (unpaired) electrons. The van der Waals surface area contributed by atoms with E-state index < -0.39 is 0 Å². The van der Waals surface area contributed by atoms with Gasteiger partial charge in [0.05, 0.1) is 36.4 Å². The number of ether oxygens (including phenoxy) is 2. The van der Waals surface area contributed by atoms with E-state index in [9.17, 15) is 4.79 Å². The zero-order chi connectivity index (χ0) is 18.8. The first-order valence-corrected chi connectivity index (χ1v) is 9.83. The molecule has 2 aliphatic heterocycles. The van der Waals surface area contributed by atoms with Crippen LogP contribution in [0.2, 0.25) is 0 Å². The summed E-state index contributed by atoms with van der Waals surface area (Å²) in [6, 6.07) is 8.22. The van der Waals surface area contributed by atoms with E-state index in [2.05, 4.69) is 31.1 Å². The van der Waals surface area contributed by atoms with Crippen molar-refractivity contribution in [2.24, 2.45) is 5.92 Å². The third-order valence-electron chi connectivity index (χ3n) is 5.57. The second-order valence-corrected chi connectivity index (χ2v) is 7.35. The van der Waals surface area contributed by atoms with Crippen molar-refractivity contribution in [1.29, 1.82) is 0 Å². The van der Waals surface area contributed by atoms with Crippen LogP contribution < -0.4 is 0 Å². The fourth-order valence-electron chi connectivity index (χ4n) is 3.99.